The van der Waals surface area contributed by atoms with Gasteiger partial charge < -0.3 is 9.84 Å². The van der Waals surface area contributed by atoms with Crippen LogP contribution in [0.2, 0.25) is 0 Å². The minimum atomic E-state index is -1.15. The van der Waals surface area contributed by atoms with E-state index in [2.05, 4.69) is 9.72 Å². The van der Waals surface area contributed by atoms with Crippen LogP contribution in [0.15, 0.2) is 36.7 Å². The number of halogens is 1. The van der Waals surface area contributed by atoms with Crippen LogP contribution in [0, 0.1) is 5.82 Å². The van der Waals surface area contributed by atoms with Crippen LogP contribution in [-0.4, -0.2) is 29.1 Å². The predicted octanol–water partition coefficient (Wildman–Crippen LogP) is 2.37. The van der Waals surface area contributed by atoms with Crippen molar-refractivity contribution in [2.75, 3.05) is 7.11 Å². The van der Waals surface area contributed by atoms with Gasteiger partial charge in [-0.2, -0.15) is 0 Å². The summed E-state index contributed by atoms with van der Waals surface area (Å²) in [6, 6.07) is 5.13. The van der Waals surface area contributed by atoms with Crippen LogP contribution in [0.1, 0.15) is 20.7 Å². The highest BCUT2D eigenvalue weighted by Crippen LogP contribution is 2.24. The fourth-order valence-electron chi connectivity index (χ4n) is 1.70. The summed E-state index contributed by atoms with van der Waals surface area (Å²) in [4.78, 5) is 25.9. The van der Waals surface area contributed by atoms with Crippen molar-refractivity contribution in [3.63, 3.8) is 0 Å². The van der Waals surface area contributed by atoms with Crippen LogP contribution in [0.4, 0.5) is 4.39 Å². The third-order valence-corrected chi connectivity index (χ3v) is 2.69. The smallest absolute Gasteiger partial charge is 0.337 e. The Balaban J connectivity index is 2.46. The van der Waals surface area contributed by atoms with E-state index < -0.39 is 17.8 Å². The third-order valence-electron chi connectivity index (χ3n) is 2.69. The van der Waals surface area contributed by atoms with Crippen molar-refractivity contribution in [3.8, 4) is 11.1 Å². The molecule has 5 nitrogen and oxygen atoms in total. The highest BCUT2D eigenvalue weighted by molar-refractivity contribution is 5.91. The highest BCUT2D eigenvalue weighted by atomic mass is 19.1. The van der Waals surface area contributed by atoms with Gasteiger partial charge in [0.1, 0.15) is 5.82 Å². The Morgan fingerprint density at radius 3 is 2.55 bits per heavy atom. The molecule has 0 spiro atoms. The van der Waals surface area contributed by atoms with Gasteiger partial charge in [-0.1, -0.05) is 6.07 Å². The summed E-state index contributed by atoms with van der Waals surface area (Å²) in [5.41, 5.74) is 0.516. The lowest BCUT2D eigenvalue weighted by Crippen LogP contribution is -2.02. The number of carboxylic acids is 1. The second-order valence-corrected chi connectivity index (χ2v) is 3.95. The molecule has 0 unspecified atom stereocenters. The van der Waals surface area contributed by atoms with Crippen LogP contribution in [0.25, 0.3) is 11.1 Å². The van der Waals surface area contributed by atoms with Crippen LogP contribution >= 0.6 is 0 Å². The molecule has 0 atom stereocenters. The number of pyridine rings is 1. The lowest BCUT2D eigenvalue weighted by Gasteiger charge is -2.06. The van der Waals surface area contributed by atoms with Gasteiger partial charge in [0, 0.05) is 23.5 Å². The summed E-state index contributed by atoms with van der Waals surface area (Å²) in [6.45, 7) is 0. The molecule has 2 rings (SSSR count). The number of methoxy groups -OCH3 is 1. The van der Waals surface area contributed by atoms with E-state index in [-0.39, 0.29) is 16.7 Å². The number of carbonyl (C=O) groups is 2. The summed E-state index contributed by atoms with van der Waals surface area (Å²) in [5, 5.41) is 8.88. The predicted molar refractivity (Wildman–Crippen MR) is 67.9 cm³/mol. The topological polar surface area (TPSA) is 76.5 Å². The normalized spacial score (nSPS) is 10.1. The summed E-state index contributed by atoms with van der Waals surface area (Å²) < 4.78 is 18.5. The maximum Gasteiger partial charge on any atom is 0.337 e. The van der Waals surface area contributed by atoms with Crippen molar-refractivity contribution in [1.29, 1.82) is 0 Å². The quantitative estimate of drug-likeness (QED) is 0.870. The summed E-state index contributed by atoms with van der Waals surface area (Å²) in [7, 11) is 1.20. The van der Waals surface area contributed by atoms with Crippen molar-refractivity contribution < 1.29 is 23.8 Å². The van der Waals surface area contributed by atoms with E-state index in [1.54, 1.807) is 0 Å². The van der Waals surface area contributed by atoms with Gasteiger partial charge in [-0.05, 0) is 18.2 Å². The third kappa shape index (κ3) is 2.64. The maximum atomic E-state index is 14.0. The van der Waals surface area contributed by atoms with Crippen molar-refractivity contribution >= 4 is 11.9 Å². The summed E-state index contributed by atoms with van der Waals surface area (Å²) >= 11 is 0. The Kier molecular flexibility index (Phi) is 3.74. The number of rotatable bonds is 3. The molecule has 0 fully saturated rings. The summed E-state index contributed by atoms with van der Waals surface area (Å²) in [6.07, 6.45) is 2.52. The highest BCUT2D eigenvalue weighted by Gasteiger charge is 2.13. The number of ether oxygens (including phenoxy) is 1. The van der Waals surface area contributed by atoms with Gasteiger partial charge in [-0.15, -0.1) is 0 Å². The Morgan fingerprint density at radius 1 is 1.20 bits per heavy atom. The second kappa shape index (κ2) is 5.48. The molecule has 1 heterocycles. The van der Waals surface area contributed by atoms with Gasteiger partial charge in [0.15, 0.2) is 0 Å². The first-order valence-electron chi connectivity index (χ1n) is 5.59. The molecule has 0 aliphatic rings. The lowest BCUT2D eigenvalue weighted by atomic mass is 10.0. The number of esters is 1. The second-order valence-electron chi connectivity index (χ2n) is 3.95. The SMILES string of the molecule is COC(=O)c1ccc(-c2cncc(C(=O)O)c2)c(F)c1. The number of nitrogens with zero attached hydrogens (tertiary/aromatic N) is 1. The van der Waals surface area contributed by atoms with Crippen molar-refractivity contribution in [2.24, 2.45) is 0 Å². The molecule has 0 bridgehead atoms. The average molecular weight is 275 g/mol. The zero-order chi connectivity index (χ0) is 14.7. The lowest BCUT2D eigenvalue weighted by molar-refractivity contribution is 0.0599. The molecule has 1 aromatic carbocycles. The average Bonchev–Trinajstić information content (AvgIpc) is 2.46. The van der Waals surface area contributed by atoms with E-state index in [1.807, 2.05) is 0 Å². The molecule has 0 amide bonds. The van der Waals surface area contributed by atoms with E-state index in [9.17, 15) is 14.0 Å². The zero-order valence-corrected chi connectivity index (χ0v) is 10.5. The standard InChI is InChI=1S/C14H10FNO4/c1-20-14(19)8-2-3-11(12(15)5-8)9-4-10(13(17)18)7-16-6-9/h2-7H,1H3,(H,17,18). The molecule has 0 radical (unpaired) electrons. The molecule has 0 saturated carbocycles. The van der Waals surface area contributed by atoms with Gasteiger partial charge in [0.2, 0.25) is 0 Å². The molecular formula is C14H10FNO4. The van der Waals surface area contributed by atoms with Gasteiger partial charge >= 0.3 is 11.9 Å². The fraction of sp³-hybridized carbons (Fsp3) is 0.0714. The van der Waals surface area contributed by atoms with Crippen LogP contribution in [-0.2, 0) is 4.74 Å². The van der Waals surface area contributed by atoms with Crippen molar-refractivity contribution in [3.05, 3.63) is 53.6 Å². The number of carbonyl (C=O) groups excluding carboxylic acids is 1. The van der Waals surface area contributed by atoms with Crippen molar-refractivity contribution in [1.82, 2.24) is 4.98 Å². The number of aromatic carboxylic acids is 1. The molecule has 1 N–H and O–H groups in total. The Labute approximate surface area is 113 Å². The van der Waals surface area contributed by atoms with Crippen molar-refractivity contribution in [2.45, 2.75) is 0 Å². The number of aromatic nitrogens is 1. The molecule has 102 valence electrons. The van der Waals surface area contributed by atoms with Gasteiger partial charge in [-0.3, -0.25) is 4.98 Å². The monoisotopic (exact) mass is 275 g/mol. The Hall–Kier alpha value is -2.76. The van der Waals surface area contributed by atoms with E-state index in [4.69, 9.17) is 5.11 Å². The molecule has 20 heavy (non-hydrogen) atoms. The van der Waals surface area contributed by atoms with E-state index in [0.29, 0.717) is 5.56 Å². The first-order chi connectivity index (χ1) is 9.52. The first kappa shape index (κ1) is 13.7. The Bertz CT molecular complexity index is 685. The number of carboxylic acid groups (broad SMARTS) is 1. The fourth-order valence-corrected chi connectivity index (χ4v) is 1.70. The largest absolute Gasteiger partial charge is 0.478 e. The molecule has 0 aliphatic heterocycles. The first-order valence-corrected chi connectivity index (χ1v) is 5.59. The minimum Gasteiger partial charge on any atom is -0.478 e. The van der Waals surface area contributed by atoms with Crippen LogP contribution in [0.3, 0.4) is 0 Å². The number of hydrogen-bond donors (Lipinski definition) is 1. The van der Waals surface area contributed by atoms with Crippen LogP contribution < -0.4 is 0 Å². The zero-order valence-electron chi connectivity index (χ0n) is 10.5. The molecule has 0 saturated heterocycles. The molecule has 2 aromatic rings. The number of benzene rings is 1. The molecule has 6 heteroatoms. The maximum absolute atomic E-state index is 14.0. The van der Waals surface area contributed by atoms with Gasteiger partial charge in [0.05, 0.1) is 18.2 Å². The minimum absolute atomic E-state index is 0.0426. The van der Waals surface area contributed by atoms with E-state index >= 15 is 0 Å². The van der Waals surface area contributed by atoms with Crippen LogP contribution in [0.5, 0.6) is 0 Å². The van der Waals surface area contributed by atoms with E-state index in [1.165, 1.54) is 37.7 Å². The number of hydrogen-bond acceptors (Lipinski definition) is 4. The molecular weight excluding hydrogens is 265 g/mol. The van der Waals surface area contributed by atoms with E-state index in [0.717, 1.165) is 6.07 Å². The summed E-state index contributed by atoms with van der Waals surface area (Å²) in [5.74, 6) is -2.45. The van der Waals surface area contributed by atoms with Gasteiger partial charge in [-0.25, -0.2) is 14.0 Å². The molecule has 0 aliphatic carbocycles. The van der Waals surface area contributed by atoms with Gasteiger partial charge in [0.25, 0.3) is 0 Å². The Morgan fingerprint density at radius 2 is 1.95 bits per heavy atom. The molecule has 1 aromatic heterocycles.